The van der Waals surface area contributed by atoms with Crippen molar-refractivity contribution >= 4 is 5.91 Å². The van der Waals surface area contributed by atoms with E-state index in [1.165, 1.54) is 12.3 Å². The van der Waals surface area contributed by atoms with Gasteiger partial charge < -0.3 is 10.0 Å². The van der Waals surface area contributed by atoms with Crippen LogP contribution < -0.4 is 0 Å². The van der Waals surface area contributed by atoms with Gasteiger partial charge in [-0.25, -0.2) is 4.98 Å². The highest BCUT2D eigenvalue weighted by atomic mass is 19.1. The van der Waals surface area contributed by atoms with Gasteiger partial charge in [0.1, 0.15) is 0 Å². The third-order valence-corrected chi connectivity index (χ3v) is 3.13. The second kappa shape index (κ2) is 5.23. The molecule has 1 N–H and O–H groups in total. The molecule has 1 fully saturated rings. The molecule has 0 radical (unpaired) electrons. The molecule has 1 aliphatic rings. The van der Waals surface area contributed by atoms with Crippen molar-refractivity contribution in [1.82, 2.24) is 9.88 Å². The lowest BCUT2D eigenvalue weighted by Crippen LogP contribution is -2.39. The van der Waals surface area contributed by atoms with Gasteiger partial charge in [-0.2, -0.15) is 4.39 Å². The number of carbonyl (C=O) groups excluding carboxylic acids is 1. The Morgan fingerprint density at radius 2 is 2.24 bits per heavy atom. The van der Waals surface area contributed by atoms with Crippen molar-refractivity contribution in [3.05, 3.63) is 29.8 Å². The van der Waals surface area contributed by atoms with E-state index in [0.717, 1.165) is 18.9 Å². The molecular weight excluding hydrogens is 223 g/mol. The van der Waals surface area contributed by atoms with Crippen molar-refractivity contribution in [2.24, 2.45) is 5.92 Å². The highest BCUT2D eigenvalue weighted by Crippen LogP contribution is 2.18. The van der Waals surface area contributed by atoms with E-state index < -0.39 is 5.95 Å². The average molecular weight is 238 g/mol. The van der Waals surface area contributed by atoms with E-state index >= 15 is 0 Å². The Hall–Kier alpha value is -1.49. The number of halogens is 1. The van der Waals surface area contributed by atoms with Gasteiger partial charge in [0.15, 0.2) is 0 Å². The van der Waals surface area contributed by atoms with Gasteiger partial charge in [0.2, 0.25) is 5.95 Å². The number of aromatic nitrogens is 1. The van der Waals surface area contributed by atoms with Crippen molar-refractivity contribution in [3.8, 4) is 0 Å². The molecule has 0 saturated carbocycles. The van der Waals surface area contributed by atoms with Gasteiger partial charge in [0.25, 0.3) is 5.91 Å². The minimum atomic E-state index is -0.638. The first-order valence-electron chi connectivity index (χ1n) is 5.72. The van der Waals surface area contributed by atoms with Crippen molar-refractivity contribution in [1.29, 1.82) is 0 Å². The summed E-state index contributed by atoms with van der Waals surface area (Å²) in [5.41, 5.74) is 0.333. The summed E-state index contributed by atoms with van der Waals surface area (Å²) in [6, 6.07) is 2.67. The highest BCUT2D eigenvalue weighted by Gasteiger charge is 2.23. The third kappa shape index (κ3) is 2.79. The normalized spacial score (nSPS) is 17.2. The molecule has 2 heterocycles. The smallest absolute Gasteiger partial charge is 0.254 e. The van der Waals surface area contributed by atoms with E-state index in [0.29, 0.717) is 18.7 Å². The summed E-state index contributed by atoms with van der Waals surface area (Å²) in [6.45, 7) is 1.41. The minimum Gasteiger partial charge on any atom is -0.396 e. The Morgan fingerprint density at radius 3 is 2.82 bits per heavy atom. The Labute approximate surface area is 99.1 Å². The molecular formula is C12H15FN2O2. The molecule has 0 bridgehead atoms. The fourth-order valence-electron chi connectivity index (χ4n) is 2.04. The monoisotopic (exact) mass is 238 g/mol. The molecule has 0 unspecified atom stereocenters. The Bertz CT molecular complexity index is 403. The molecule has 0 spiro atoms. The Balaban J connectivity index is 2.02. The van der Waals surface area contributed by atoms with Crippen LogP contribution in [-0.4, -0.2) is 40.6 Å². The van der Waals surface area contributed by atoms with Gasteiger partial charge in [-0.1, -0.05) is 0 Å². The molecule has 0 atom stereocenters. The van der Waals surface area contributed by atoms with Gasteiger partial charge in [-0.05, 0) is 24.8 Å². The number of rotatable bonds is 2. The summed E-state index contributed by atoms with van der Waals surface area (Å²) < 4.78 is 12.9. The van der Waals surface area contributed by atoms with Crippen molar-refractivity contribution in [2.45, 2.75) is 12.8 Å². The predicted molar refractivity (Wildman–Crippen MR) is 59.9 cm³/mol. The molecule has 2 rings (SSSR count). The van der Waals surface area contributed by atoms with Crippen LogP contribution in [-0.2, 0) is 0 Å². The van der Waals surface area contributed by atoms with Crippen LogP contribution in [0, 0.1) is 11.9 Å². The van der Waals surface area contributed by atoms with Crippen LogP contribution in [0.5, 0.6) is 0 Å². The van der Waals surface area contributed by atoms with Crippen molar-refractivity contribution in [3.63, 3.8) is 0 Å². The molecule has 1 saturated heterocycles. The molecule has 5 heteroatoms. The number of likely N-dealkylation sites (tertiary alicyclic amines) is 1. The highest BCUT2D eigenvalue weighted by molar-refractivity contribution is 5.94. The van der Waals surface area contributed by atoms with E-state index in [1.807, 2.05) is 0 Å². The second-order valence-corrected chi connectivity index (χ2v) is 4.29. The van der Waals surface area contributed by atoms with E-state index in [4.69, 9.17) is 5.11 Å². The lowest BCUT2D eigenvalue weighted by Gasteiger charge is -2.31. The summed E-state index contributed by atoms with van der Waals surface area (Å²) in [4.78, 5) is 17.1. The topological polar surface area (TPSA) is 53.4 Å². The van der Waals surface area contributed by atoms with Gasteiger partial charge in [0.05, 0.1) is 0 Å². The van der Waals surface area contributed by atoms with Crippen molar-refractivity contribution in [2.75, 3.05) is 19.7 Å². The number of hydrogen-bond acceptors (Lipinski definition) is 3. The number of hydrogen-bond donors (Lipinski definition) is 1. The van der Waals surface area contributed by atoms with Crippen LogP contribution in [0.2, 0.25) is 0 Å². The van der Waals surface area contributed by atoms with Gasteiger partial charge in [0, 0.05) is 37.5 Å². The number of aliphatic hydroxyl groups is 1. The van der Waals surface area contributed by atoms with E-state index in [2.05, 4.69) is 4.98 Å². The fourth-order valence-corrected chi connectivity index (χ4v) is 2.04. The van der Waals surface area contributed by atoms with Crippen LogP contribution in [0.15, 0.2) is 18.3 Å². The molecule has 1 aliphatic heterocycles. The predicted octanol–water partition coefficient (Wildman–Crippen LogP) is 1.07. The molecule has 17 heavy (non-hydrogen) atoms. The average Bonchev–Trinajstić information content (AvgIpc) is 2.38. The zero-order valence-corrected chi connectivity index (χ0v) is 9.47. The van der Waals surface area contributed by atoms with Crippen LogP contribution in [0.4, 0.5) is 4.39 Å². The third-order valence-electron chi connectivity index (χ3n) is 3.13. The zero-order valence-electron chi connectivity index (χ0n) is 9.47. The first-order valence-corrected chi connectivity index (χ1v) is 5.72. The maximum absolute atomic E-state index is 12.9. The fraction of sp³-hybridized carbons (Fsp3) is 0.500. The summed E-state index contributed by atoms with van der Waals surface area (Å²) in [5, 5.41) is 9.01. The van der Waals surface area contributed by atoms with E-state index in [9.17, 15) is 9.18 Å². The molecule has 92 valence electrons. The molecule has 0 aliphatic carbocycles. The quantitative estimate of drug-likeness (QED) is 0.784. The second-order valence-electron chi connectivity index (χ2n) is 4.29. The zero-order chi connectivity index (χ0) is 12.3. The number of piperidine rings is 1. The Morgan fingerprint density at radius 1 is 1.53 bits per heavy atom. The minimum absolute atomic E-state index is 0.164. The van der Waals surface area contributed by atoms with E-state index in [-0.39, 0.29) is 18.4 Å². The number of amides is 1. The number of aliphatic hydroxyl groups excluding tert-OH is 1. The number of pyridine rings is 1. The first kappa shape index (κ1) is 12.0. The molecule has 4 nitrogen and oxygen atoms in total. The number of carbonyl (C=O) groups is 1. The first-order chi connectivity index (χ1) is 8.20. The van der Waals surface area contributed by atoms with Crippen LogP contribution >= 0.6 is 0 Å². The summed E-state index contributed by atoms with van der Waals surface area (Å²) in [7, 11) is 0. The maximum Gasteiger partial charge on any atom is 0.254 e. The lowest BCUT2D eigenvalue weighted by molar-refractivity contribution is 0.0650. The molecule has 1 aromatic heterocycles. The molecule has 1 aromatic rings. The molecule has 1 amide bonds. The van der Waals surface area contributed by atoms with Crippen LogP contribution in [0.1, 0.15) is 23.2 Å². The van der Waals surface area contributed by atoms with Gasteiger partial charge in [-0.3, -0.25) is 4.79 Å². The summed E-state index contributed by atoms with van der Waals surface area (Å²) in [6.07, 6.45) is 2.90. The summed E-state index contributed by atoms with van der Waals surface area (Å²) >= 11 is 0. The SMILES string of the molecule is O=C(c1ccnc(F)c1)N1CCC(CO)CC1. The van der Waals surface area contributed by atoms with E-state index in [1.54, 1.807) is 4.90 Å². The largest absolute Gasteiger partial charge is 0.396 e. The van der Waals surface area contributed by atoms with Crippen LogP contribution in [0.25, 0.3) is 0 Å². The summed E-state index contributed by atoms with van der Waals surface area (Å²) in [5.74, 6) is -0.517. The lowest BCUT2D eigenvalue weighted by atomic mass is 9.97. The van der Waals surface area contributed by atoms with Gasteiger partial charge in [-0.15, -0.1) is 0 Å². The molecule has 0 aromatic carbocycles. The number of nitrogens with zero attached hydrogens (tertiary/aromatic N) is 2. The standard InChI is InChI=1S/C12H15FN2O2/c13-11-7-10(1-4-14-11)12(17)15-5-2-9(8-16)3-6-15/h1,4,7,9,16H,2-3,5-6,8H2. The van der Waals surface area contributed by atoms with Gasteiger partial charge >= 0.3 is 0 Å². The Kier molecular flexibility index (Phi) is 3.68. The van der Waals surface area contributed by atoms with Crippen molar-refractivity contribution < 1.29 is 14.3 Å². The van der Waals surface area contributed by atoms with Crippen LogP contribution in [0.3, 0.4) is 0 Å². The maximum atomic E-state index is 12.9.